The van der Waals surface area contributed by atoms with Crippen molar-refractivity contribution in [2.24, 2.45) is 53.3 Å². The highest BCUT2D eigenvalue weighted by molar-refractivity contribution is 8.02. The van der Waals surface area contributed by atoms with Crippen molar-refractivity contribution >= 4 is 35.3 Å². The first-order chi connectivity index (χ1) is 18.9. The molecule has 12 aliphatic carbocycles. The third-order valence-corrected chi connectivity index (χ3v) is 17.8. The molecule has 0 amide bonds. The minimum atomic E-state index is 0.508. The van der Waals surface area contributed by atoms with Crippen molar-refractivity contribution in [2.45, 2.75) is 145 Å². The standard InChI is InChI=1S/C35H47NS3/c1-21-2-23-3-22(1)13-33(12-21,14-23)37-30-10-31(38-34-15-24-4-25(16-34)6-26(5-24)17-34)36-32(11-30)39-35-18-27-7-28(19-35)9-29(8-27)20-35/h10-11,21-29H,1-9,12-20H2. The van der Waals surface area contributed by atoms with Crippen LogP contribution in [0.15, 0.2) is 27.1 Å². The van der Waals surface area contributed by atoms with E-state index in [1.165, 1.54) is 67.8 Å². The van der Waals surface area contributed by atoms with Crippen LogP contribution in [0, 0.1) is 53.3 Å². The molecule has 1 heterocycles. The number of rotatable bonds is 6. The SMILES string of the molecule is c1c(SC23CC4CC(CC(C4)C2)C3)cc(SC23CC4CC(CC(C4)C2)C3)nc1SC12CC3CC(CC(C3)C1)C2. The van der Waals surface area contributed by atoms with E-state index >= 15 is 0 Å². The highest BCUT2D eigenvalue weighted by Crippen LogP contribution is 2.65. The van der Waals surface area contributed by atoms with Crippen LogP contribution in [0.4, 0.5) is 0 Å². The van der Waals surface area contributed by atoms with Crippen molar-refractivity contribution in [1.29, 1.82) is 0 Å². The lowest BCUT2D eigenvalue weighted by molar-refractivity contribution is 0.0382. The maximum atomic E-state index is 5.59. The Labute approximate surface area is 249 Å². The number of hydrogen-bond acceptors (Lipinski definition) is 4. The topological polar surface area (TPSA) is 12.9 Å². The Balaban J connectivity index is 0.985. The van der Waals surface area contributed by atoms with Gasteiger partial charge in [-0.15, -0.1) is 11.8 Å². The van der Waals surface area contributed by atoms with Crippen molar-refractivity contribution in [3.8, 4) is 0 Å². The molecule has 1 nitrogen and oxygen atoms in total. The summed E-state index contributed by atoms with van der Waals surface area (Å²) in [5, 5.41) is 2.83. The summed E-state index contributed by atoms with van der Waals surface area (Å²) in [4.78, 5) is 7.20. The highest BCUT2D eigenvalue weighted by Gasteiger charge is 2.54. The Morgan fingerprint density at radius 1 is 0.410 bits per heavy atom. The summed E-state index contributed by atoms with van der Waals surface area (Å²) in [7, 11) is 0. The molecule has 1 aromatic heterocycles. The largest absolute Gasteiger partial charge is 0.235 e. The first-order valence-electron chi connectivity index (χ1n) is 17.0. The van der Waals surface area contributed by atoms with Gasteiger partial charge in [0.25, 0.3) is 0 Å². The molecular weight excluding hydrogens is 531 g/mol. The second-order valence-electron chi connectivity index (χ2n) is 17.1. The summed E-state index contributed by atoms with van der Waals surface area (Å²) < 4.78 is 1.56. The third kappa shape index (κ3) is 4.28. The minimum Gasteiger partial charge on any atom is -0.235 e. The Morgan fingerprint density at radius 3 is 0.949 bits per heavy atom. The number of pyridine rings is 1. The van der Waals surface area contributed by atoms with Gasteiger partial charge in [0.15, 0.2) is 0 Å². The molecular formula is C35H47NS3. The van der Waals surface area contributed by atoms with Crippen LogP contribution < -0.4 is 0 Å². The van der Waals surface area contributed by atoms with E-state index in [1.807, 2.05) is 0 Å². The van der Waals surface area contributed by atoms with Gasteiger partial charge in [-0.3, -0.25) is 0 Å². The van der Waals surface area contributed by atoms with Gasteiger partial charge in [0, 0.05) is 19.1 Å². The summed E-state index contributed by atoms with van der Waals surface area (Å²) in [5.74, 6) is 9.24. The second-order valence-corrected chi connectivity index (χ2v) is 21.6. The predicted molar refractivity (Wildman–Crippen MR) is 165 cm³/mol. The smallest absolute Gasteiger partial charge is 0.0990 e. The van der Waals surface area contributed by atoms with Crippen molar-refractivity contribution in [1.82, 2.24) is 4.98 Å². The number of nitrogens with zero attached hydrogens (tertiary/aromatic N) is 1. The molecule has 0 N–H and O–H groups in total. The molecule has 12 fully saturated rings. The molecule has 12 aliphatic rings. The Hall–Kier alpha value is 0.200. The average Bonchev–Trinajstić information content (AvgIpc) is 2.80. The van der Waals surface area contributed by atoms with E-state index in [2.05, 4.69) is 47.4 Å². The zero-order valence-corrected chi connectivity index (χ0v) is 26.2. The molecule has 0 spiro atoms. The van der Waals surface area contributed by atoms with Crippen LogP contribution in [0.1, 0.15) is 116 Å². The van der Waals surface area contributed by atoms with Gasteiger partial charge in [-0.1, -0.05) is 23.5 Å². The third-order valence-electron chi connectivity index (χ3n) is 13.7. The summed E-state index contributed by atoms with van der Waals surface area (Å²) in [6.45, 7) is 0. The van der Waals surface area contributed by atoms with E-state index in [-0.39, 0.29) is 0 Å². The molecule has 0 aromatic carbocycles. The molecule has 1 aromatic rings. The van der Waals surface area contributed by atoms with Crippen LogP contribution in [0.5, 0.6) is 0 Å². The van der Waals surface area contributed by atoms with Gasteiger partial charge in [-0.05, 0) is 181 Å². The van der Waals surface area contributed by atoms with Crippen LogP contribution in [0.3, 0.4) is 0 Å². The highest BCUT2D eigenvalue weighted by atomic mass is 32.2. The Bertz CT molecular complexity index is 911. The molecule has 12 bridgehead atoms. The Kier molecular flexibility index (Phi) is 5.46. The molecule has 210 valence electrons. The molecule has 0 aliphatic heterocycles. The van der Waals surface area contributed by atoms with Gasteiger partial charge >= 0.3 is 0 Å². The molecule has 4 heteroatoms. The van der Waals surface area contributed by atoms with Crippen molar-refractivity contribution in [3.63, 3.8) is 0 Å². The minimum absolute atomic E-state index is 0.508. The summed E-state index contributed by atoms with van der Waals surface area (Å²) >= 11 is 6.90. The monoisotopic (exact) mass is 577 g/mol. The van der Waals surface area contributed by atoms with E-state index in [0.717, 1.165) is 53.3 Å². The van der Waals surface area contributed by atoms with E-state index in [0.29, 0.717) is 14.2 Å². The number of thioether (sulfide) groups is 3. The fraction of sp³-hybridized carbons (Fsp3) is 0.857. The van der Waals surface area contributed by atoms with E-state index in [1.54, 1.807) is 62.7 Å². The maximum absolute atomic E-state index is 5.59. The number of hydrogen-bond donors (Lipinski definition) is 0. The molecule has 12 saturated carbocycles. The fourth-order valence-electron chi connectivity index (χ4n) is 13.8. The zero-order chi connectivity index (χ0) is 25.4. The summed E-state index contributed by atoms with van der Waals surface area (Å²) in [5.41, 5.74) is 0. The van der Waals surface area contributed by atoms with Gasteiger partial charge in [0.05, 0.1) is 10.1 Å². The van der Waals surface area contributed by atoms with E-state index < -0.39 is 0 Å². The van der Waals surface area contributed by atoms with Crippen LogP contribution in [-0.4, -0.2) is 19.2 Å². The molecule has 0 unspecified atom stereocenters. The first-order valence-corrected chi connectivity index (χ1v) is 19.5. The molecule has 0 saturated heterocycles. The van der Waals surface area contributed by atoms with Gasteiger partial charge in [0.1, 0.15) is 0 Å². The summed E-state index contributed by atoms with van der Waals surface area (Å²) in [6.07, 6.45) is 27.3. The normalized spacial score (nSPS) is 53.7. The lowest BCUT2D eigenvalue weighted by atomic mass is 9.56. The number of aromatic nitrogens is 1. The average molecular weight is 578 g/mol. The molecule has 13 rings (SSSR count). The van der Waals surface area contributed by atoms with Crippen molar-refractivity contribution in [3.05, 3.63) is 12.1 Å². The van der Waals surface area contributed by atoms with Crippen LogP contribution in [0.2, 0.25) is 0 Å². The molecule has 0 radical (unpaired) electrons. The lowest BCUT2D eigenvalue weighted by Crippen LogP contribution is -2.48. The first kappa shape index (κ1) is 24.6. The Morgan fingerprint density at radius 2 is 0.667 bits per heavy atom. The van der Waals surface area contributed by atoms with Crippen LogP contribution in [-0.2, 0) is 0 Å². The van der Waals surface area contributed by atoms with Gasteiger partial charge in [-0.2, -0.15) is 0 Å². The maximum Gasteiger partial charge on any atom is 0.0990 e. The van der Waals surface area contributed by atoms with E-state index in [4.69, 9.17) is 4.98 Å². The fourth-order valence-corrected chi connectivity index (χ4v) is 19.3. The van der Waals surface area contributed by atoms with Crippen LogP contribution >= 0.6 is 35.3 Å². The van der Waals surface area contributed by atoms with Crippen LogP contribution in [0.25, 0.3) is 0 Å². The van der Waals surface area contributed by atoms with Crippen molar-refractivity contribution < 1.29 is 0 Å². The van der Waals surface area contributed by atoms with E-state index in [9.17, 15) is 0 Å². The molecule has 39 heavy (non-hydrogen) atoms. The summed E-state index contributed by atoms with van der Waals surface area (Å²) in [6, 6.07) is 5.21. The second kappa shape index (κ2) is 8.64. The van der Waals surface area contributed by atoms with Gasteiger partial charge in [0.2, 0.25) is 0 Å². The lowest BCUT2D eigenvalue weighted by Gasteiger charge is -2.57. The quantitative estimate of drug-likeness (QED) is 0.333. The predicted octanol–water partition coefficient (Wildman–Crippen LogP) is 10.3. The molecule has 0 atom stereocenters. The van der Waals surface area contributed by atoms with Gasteiger partial charge in [-0.25, -0.2) is 4.98 Å². The van der Waals surface area contributed by atoms with Gasteiger partial charge < -0.3 is 0 Å². The van der Waals surface area contributed by atoms with Crippen molar-refractivity contribution in [2.75, 3.05) is 0 Å². The zero-order valence-electron chi connectivity index (χ0n) is 23.8.